The Labute approximate surface area is 149 Å². The summed E-state index contributed by atoms with van der Waals surface area (Å²) >= 11 is 0. The lowest BCUT2D eigenvalue weighted by atomic mass is 9.77. The monoisotopic (exact) mass is 363 g/mol. The molecule has 0 atom stereocenters. The number of alkyl halides is 3. The lowest BCUT2D eigenvalue weighted by Gasteiger charge is -2.19. The average Bonchev–Trinajstić information content (AvgIpc) is 2.75. The van der Waals surface area contributed by atoms with Gasteiger partial charge >= 0.3 is 13.3 Å². The Hall–Kier alpha value is -2.19. The minimum atomic E-state index is -4.63. The maximum atomic E-state index is 13.2. The molecule has 4 nitrogen and oxygen atoms in total. The molecule has 3 rings (SSSR count). The number of aromatic nitrogens is 1. The van der Waals surface area contributed by atoms with Crippen molar-refractivity contribution < 1.29 is 27.6 Å². The number of ketones is 1. The number of benzene rings is 1. The SMILES string of the molecule is Cc1cc(C(F)(F)F)c(C(=O)Cc2ccc3c(c2)B(O)OC3(C)C)cn1. The first-order valence-electron chi connectivity index (χ1n) is 8.05. The zero-order valence-corrected chi connectivity index (χ0v) is 14.5. The summed E-state index contributed by atoms with van der Waals surface area (Å²) in [6.45, 7) is 5.05. The number of hydrogen-bond acceptors (Lipinski definition) is 4. The molecule has 8 heteroatoms. The topological polar surface area (TPSA) is 59.4 Å². The van der Waals surface area contributed by atoms with E-state index < -0.39 is 35.8 Å². The smallest absolute Gasteiger partial charge is 0.423 e. The highest BCUT2D eigenvalue weighted by Crippen LogP contribution is 2.33. The quantitative estimate of drug-likeness (QED) is 0.673. The molecule has 1 aromatic heterocycles. The largest absolute Gasteiger partial charge is 0.492 e. The molecule has 1 aromatic carbocycles. The molecule has 0 unspecified atom stereocenters. The molecule has 1 aliphatic rings. The van der Waals surface area contributed by atoms with Gasteiger partial charge in [-0.2, -0.15) is 13.2 Å². The fourth-order valence-electron chi connectivity index (χ4n) is 3.18. The first kappa shape index (κ1) is 18.6. The summed E-state index contributed by atoms with van der Waals surface area (Å²) in [5, 5.41) is 10.0. The summed E-state index contributed by atoms with van der Waals surface area (Å²) in [4.78, 5) is 16.3. The first-order valence-corrected chi connectivity index (χ1v) is 8.05. The Morgan fingerprint density at radius 2 is 2.00 bits per heavy atom. The van der Waals surface area contributed by atoms with Crippen molar-refractivity contribution in [1.82, 2.24) is 4.98 Å². The predicted octanol–water partition coefficient (Wildman–Crippen LogP) is 2.79. The first-order chi connectivity index (χ1) is 12.0. The van der Waals surface area contributed by atoms with E-state index >= 15 is 0 Å². The predicted molar refractivity (Wildman–Crippen MR) is 90.2 cm³/mol. The van der Waals surface area contributed by atoms with E-state index in [1.807, 2.05) is 0 Å². The van der Waals surface area contributed by atoms with E-state index in [-0.39, 0.29) is 12.1 Å². The van der Waals surface area contributed by atoms with Gasteiger partial charge in [-0.15, -0.1) is 0 Å². The molecule has 1 N–H and O–H groups in total. The van der Waals surface area contributed by atoms with Crippen LogP contribution in [0.15, 0.2) is 30.5 Å². The third kappa shape index (κ3) is 3.39. The van der Waals surface area contributed by atoms with Crippen molar-refractivity contribution in [1.29, 1.82) is 0 Å². The van der Waals surface area contributed by atoms with Crippen molar-refractivity contribution in [2.24, 2.45) is 0 Å². The highest BCUT2D eigenvalue weighted by molar-refractivity contribution is 6.62. The fourth-order valence-corrected chi connectivity index (χ4v) is 3.18. The lowest BCUT2D eigenvalue weighted by molar-refractivity contribution is -0.138. The van der Waals surface area contributed by atoms with Gasteiger partial charge in [0.25, 0.3) is 0 Å². The van der Waals surface area contributed by atoms with Gasteiger partial charge in [0, 0.05) is 23.9 Å². The molecule has 0 radical (unpaired) electrons. The number of halogens is 3. The molecule has 26 heavy (non-hydrogen) atoms. The molecule has 1 aliphatic heterocycles. The van der Waals surface area contributed by atoms with Crippen LogP contribution in [0.2, 0.25) is 0 Å². The van der Waals surface area contributed by atoms with E-state index in [1.165, 1.54) is 6.92 Å². The molecule has 0 spiro atoms. The molecule has 2 heterocycles. The molecular formula is C18H17BF3NO3. The van der Waals surface area contributed by atoms with Gasteiger partial charge in [-0.1, -0.05) is 18.2 Å². The molecule has 2 aromatic rings. The number of hydrogen-bond donors (Lipinski definition) is 1. The van der Waals surface area contributed by atoms with E-state index in [1.54, 1.807) is 32.0 Å². The third-order valence-corrected chi connectivity index (χ3v) is 4.45. The fraction of sp³-hybridized carbons (Fsp3) is 0.333. The molecule has 0 amide bonds. The van der Waals surface area contributed by atoms with Crippen LogP contribution in [0.4, 0.5) is 13.2 Å². The van der Waals surface area contributed by atoms with Gasteiger partial charge in [0.1, 0.15) is 0 Å². The second-order valence-corrected chi connectivity index (χ2v) is 6.87. The number of Topliss-reactive ketones (excluding diaryl/α,β-unsaturated/α-hetero) is 1. The van der Waals surface area contributed by atoms with Crippen LogP contribution in [-0.4, -0.2) is 22.9 Å². The Morgan fingerprint density at radius 3 is 2.65 bits per heavy atom. The highest BCUT2D eigenvalue weighted by Gasteiger charge is 2.40. The van der Waals surface area contributed by atoms with E-state index in [0.29, 0.717) is 11.0 Å². The summed E-state index contributed by atoms with van der Waals surface area (Å²) < 4.78 is 45.1. The molecule has 0 aliphatic carbocycles. The van der Waals surface area contributed by atoms with Gasteiger partial charge in [-0.25, -0.2) is 0 Å². The van der Waals surface area contributed by atoms with Gasteiger partial charge in [0.05, 0.1) is 11.2 Å². The average molecular weight is 363 g/mol. The second-order valence-electron chi connectivity index (χ2n) is 6.87. The molecule has 136 valence electrons. The summed E-state index contributed by atoms with van der Waals surface area (Å²) in [6, 6.07) is 5.86. The van der Waals surface area contributed by atoms with Crippen LogP contribution in [0.1, 0.15) is 46.6 Å². The van der Waals surface area contributed by atoms with Crippen LogP contribution in [0, 0.1) is 6.92 Å². The van der Waals surface area contributed by atoms with Crippen molar-refractivity contribution in [3.8, 4) is 0 Å². The number of fused-ring (bicyclic) bond motifs is 1. The van der Waals surface area contributed by atoms with E-state index in [4.69, 9.17) is 4.65 Å². The maximum Gasteiger partial charge on any atom is 0.492 e. The minimum Gasteiger partial charge on any atom is -0.423 e. The van der Waals surface area contributed by atoms with E-state index in [0.717, 1.165) is 17.8 Å². The van der Waals surface area contributed by atoms with Crippen LogP contribution in [0.25, 0.3) is 0 Å². The number of rotatable bonds is 3. The van der Waals surface area contributed by atoms with Crippen LogP contribution in [0.3, 0.4) is 0 Å². The van der Waals surface area contributed by atoms with Crippen molar-refractivity contribution in [2.75, 3.05) is 0 Å². The number of nitrogens with zero attached hydrogens (tertiary/aromatic N) is 1. The number of carbonyl (C=O) groups is 1. The van der Waals surface area contributed by atoms with E-state index in [9.17, 15) is 23.0 Å². The Balaban J connectivity index is 1.92. The van der Waals surface area contributed by atoms with Gasteiger partial charge in [0.15, 0.2) is 5.78 Å². The molecule has 0 saturated carbocycles. The second kappa shape index (κ2) is 6.21. The van der Waals surface area contributed by atoms with Crippen LogP contribution in [-0.2, 0) is 22.9 Å². The van der Waals surface area contributed by atoms with Crippen molar-refractivity contribution in [3.05, 3.63) is 58.4 Å². The third-order valence-electron chi connectivity index (χ3n) is 4.45. The molecule has 0 bridgehead atoms. The van der Waals surface area contributed by atoms with Crippen molar-refractivity contribution in [2.45, 2.75) is 39.0 Å². The standard InChI is InChI=1S/C18H17BF3NO3/c1-10-6-14(18(20,21)22)12(9-23-10)16(24)8-11-4-5-13-15(7-11)19(25)26-17(13,2)3/h4-7,9,25H,8H2,1-3H3. The van der Waals surface area contributed by atoms with Gasteiger partial charge in [0.2, 0.25) is 0 Å². The van der Waals surface area contributed by atoms with Crippen LogP contribution >= 0.6 is 0 Å². The molecular weight excluding hydrogens is 346 g/mol. The highest BCUT2D eigenvalue weighted by atomic mass is 19.4. The number of carbonyl (C=O) groups excluding carboxylic acids is 1. The Morgan fingerprint density at radius 1 is 1.31 bits per heavy atom. The number of pyridine rings is 1. The Kier molecular flexibility index (Phi) is 4.44. The summed E-state index contributed by atoms with van der Waals surface area (Å²) in [5.41, 5.74) is -0.104. The normalized spacial score (nSPS) is 15.9. The lowest BCUT2D eigenvalue weighted by Crippen LogP contribution is -2.29. The zero-order valence-electron chi connectivity index (χ0n) is 14.5. The van der Waals surface area contributed by atoms with Gasteiger partial charge in [-0.3, -0.25) is 9.78 Å². The maximum absolute atomic E-state index is 13.2. The molecule has 0 saturated heterocycles. The summed E-state index contributed by atoms with van der Waals surface area (Å²) in [5.74, 6) is -0.683. The summed E-state index contributed by atoms with van der Waals surface area (Å²) in [6.07, 6.45) is -3.89. The van der Waals surface area contributed by atoms with Crippen molar-refractivity contribution >= 4 is 18.4 Å². The van der Waals surface area contributed by atoms with Gasteiger partial charge < -0.3 is 9.68 Å². The van der Waals surface area contributed by atoms with Crippen LogP contribution < -0.4 is 5.46 Å². The minimum absolute atomic E-state index is 0.189. The summed E-state index contributed by atoms with van der Waals surface area (Å²) in [7, 11) is -1.12. The Bertz CT molecular complexity index is 880. The van der Waals surface area contributed by atoms with E-state index in [2.05, 4.69) is 4.98 Å². The number of aryl methyl sites for hydroxylation is 1. The van der Waals surface area contributed by atoms with Crippen molar-refractivity contribution in [3.63, 3.8) is 0 Å². The van der Waals surface area contributed by atoms with Crippen LogP contribution in [0.5, 0.6) is 0 Å². The zero-order chi connectivity index (χ0) is 19.3. The van der Waals surface area contributed by atoms with Gasteiger partial charge in [-0.05, 0) is 43.4 Å². The molecule has 0 fully saturated rings.